The van der Waals surface area contributed by atoms with Crippen LogP contribution in [0.4, 0.5) is 0 Å². The number of hydrogen-bond acceptors (Lipinski definition) is 4. The molecule has 0 spiro atoms. The summed E-state index contributed by atoms with van der Waals surface area (Å²) in [4.78, 5) is 0.0653. The van der Waals surface area contributed by atoms with Crippen LogP contribution in [0.1, 0.15) is 27.2 Å². The summed E-state index contributed by atoms with van der Waals surface area (Å²) < 4.78 is 33.1. The number of aliphatic hydroxyl groups excluding tert-OH is 1. The van der Waals surface area contributed by atoms with Gasteiger partial charge in [0.05, 0.1) is 12.7 Å². The fourth-order valence-electron chi connectivity index (χ4n) is 1.88. The summed E-state index contributed by atoms with van der Waals surface area (Å²) in [6.07, 6.45) is -0.165. The van der Waals surface area contributed by atoms with Crippen LogP contribution in [0, 0.1) is 5.92 Å². The van der Waals surface area contributed by atoms with Gasteiger partial charge in [-0.05, 0) is 37.5 Å². The fourth-order valence-corrected chi connectivity index (χ4v) is 3.63. The van der Waals surface area contributed by atoms with Crippen LogP contribution in [0.15, 0.2) is 27.6 Å². The molecule has 0 aromatic heterocycles. The molecule has 2 N–H and O–H groups in total. The molecule has 1 unspecified atom stereocenters. The topological polar surface area (TPSA) is 75.6 Å². The van der Waals surface area contributed by atoms with Gasteiger partial charge in [0.1, 0.15) is 10.6 Å². The van der Waals surface area contributed by atoms with Crippen molar-refractivity contribution >= 4 is 26.0 Å². The first kappa shape index (κ1) is 18.4. The molecule has 1 atom stereocenters. The van der Waals surface area contributed by atoms with Crippen molar-refractivity contribution in [1.29, 1.82) is 0 Å². The minimum Gasteiger partial charge on any atom is -0.492 e. The fraction of sp³-hybridized carbons (Fsp3) is 0.571. The molecule has 0 aliphatic rings. The van der Waals surface area contributed by atoms with Gasteiger partial charge >= 0.3 is 0 Å². The minimum absolute atomic E-state index is 0.0153. The maximum atomic E-state index is 12.3. The number of sulfonamides is 1. The lowest BCUT2D eigenvalue weighted by molar-refractivity contribution is 0.152. The van der Waals surface area contributed by atoms with Crippen molar-refractivity contribution in [3.05, 3.63) is 22.7 Å². The second kappa shape index (κ2) is 8.12. The van der Waals surface area contributed by atoms with Crippen molar-refractivity contribution in [3.63, 3.8) is 0 Å². The van der Waals surface area contributed by atoms with E-state index in [2.05, 4.69) is 20.7 Å². The van der Waals surface area contributed by atoms with Crippen LogP contribution in [0.25, 0.3) is 0 Å². The van der Waals surface area contributed by atoms with E-state index in [4.69, 9.17) is 4.74 Å². The molecular formula is C14H22BrNO4S. The van der Waals surface area contributed by atoms with Gasteiger partial charge in [0.15, 0.2) is 0 Å². The van der Waals surface area contributed by atoms with E-state index in [1.165, 1.54) is 6.07 Å². The average Bonchev–Trinajstić information content (AvgIpc) is 2.38. The van der Waals surface area contributed by atoms with Crippen molar-refractivity contribution in [3.8, 4) is 5.75 Å². The number of rotatable bonds is 8. The monoisotopic (exact) mass is 379 g/mol. The van der Waals surface area contributed by atoms with Crippen molar-refractivity contribution in [2.24, 2.45) is 5.92 Å². The first-order valence-electron chi connectivity index (χ1n) is 6.86. The molecule has 120 valence electrons. The molecule has 5 nitrogen and oxygen atoms in total. The lowest BCUT2D eigenvalue weighted by atomic mass is 10.1. The molecule has 0 radical (unpaired) electrons. The smallest absolute Gasteiger partial charge is 0.244 e. The predicted octanol–water partition coefficient (Wildman–Crippen LogP) is 2.53. The Balaban J connectivity index is 2.89. The maximum Gasteiger partial charge on any atom is 0.244 e. The average molecular weight is 380 g/mol. The third-order valence-electron chi connectivity index (χ3n) is 2.75. The van der Waals surface area contributed by atoms with Gasteiger partial charge in [-0.25, -0.2) is 13.1 Å². The molecule has 0 saturated heterocycles. The van der Waals surface area contributed by atoms with E-state index >= 15 is 0 Å². The Hall–Kier alpha value is -0.630. The molecule has 0 heterocycles. The molecule has 1 aromatic carbocycles. The van der Waals surface area contributed by atoms with Gasteiger partial charge in [0.25, 0.3) is 0 Å². The highest BCUT2D eigenvalue weighted by atomic mass is 79.9. The predicted molar refractivity (Wildman–Crippen MR) is 86.0 cm³/mol. The van der Waals surface area contributed by atoms with Gasteiger partial charge < -0.3 is 9.84 Å². The van der Waals surface area contributed by atoms with E-state index in [0.717, 1.165) is 0 Å². The number of aliphatic hydroxyl groups is 1. The summed E-state index contributed by atoms with van der Waals surface area (Å²) >= 11 is 3.26. The van der Waals surface area contributed by atoms with Gasteiger partial charge in [-0.3, -0.25) is 0 Å². The lowest BCUT2D eigenvalue weighted by Crippen LogP contribution is -2.33. The highest BCUT2D eigenvalue weighted by molar-refractivity contribution is 9.10. The molecule has 0 bridgehead atoms. The van der Waals surface area contributed by atoms with E-state index in [9.17, 15) is 13.5 Å². The second-order valence-electron chi connectivity index (χ2n) is 5.16. The number of ether oxygens (including phenoxy) is 1. The second-order valence-corrected chi connectivity index (χ2v) is 7.81. The third-order valence-corrected chi connectivity index (χ3v) is 4.69. The van der Waals surface area contributed by atoms with Crippen LogP contribution in [-0.4, -0.2) is 32.8 Å². The number of nitrogens with one attached hydrogen (secondary N) is 1. The molecule has 0 fully saturated rings. The Kier molecular flexibility index (Phi) is 7.12. The summed E-state index contributed by atoms with van der Waals surface area (Å²) in [5.41, 5.74) is 0. The Morgan fingerprint density at radius 2 is 2.05 bits per heavy atom. The zero-order valence-corrected chi connectivity index (χ0v) is 14.9. The van der Waals surface area contributed by atoms with E-state index in [0.29, 0.717) is 29.2 Å². The third kappa shape index (κ3) is 5.94. The van der Waals surface area contributed by atoms with Crippen LogP contribution in [0.3, 0.4) is 0 Å². The molecular weight excluding hydrogens is 358 g/mol. The van der Waals surface area contributed by atoms with Gasteiger partial charge in [0, 0.05) is 11.0 Å². The van der Waals surface area contributed by atoms with Gasteiger partial charge in [-0.2, -0.15) is 0 Å². The quantitative estimate of drug-likeness (QED) is 0.727. The summed E-state index contributed by atoms with van der Waals surface area (Å²) in [7, 11) is -3.73. The normalized spacial score (nSPS) is 13.4. The Bertz CT molecular complexity index is 560. The van der Waals surface area contributed by atoms with Crippen molar-refractivity contribution < 1.29 is 18.3 Å². The molecule has 1 rings (SSSR count). The molecule has 0 aliphatic heterocycles. The van der Waals surface area contributed by atoms with E-state index in [1.54, 1.807) is 19.1 Å². The molecule has 0 amide bonds. The largest absolute Gasteiger partial charge is 0.492 e. The number of hydrogen-bond donors (Lipinski definition) is 2. The zero-order valence-electron chi connectivity index (χ0n) is 12.5. The number of halogens is 1. The lowest BCUT2D eigenvalue weighted by Gasteiger charge is -2.16. The van der Waals surface area contributed by atoms with Crippen LogP contribution in [-0.2, 0) is 10.0 Å². The molecule has 0 aliphatic carbocycles. The van der Waals surface area contributed by atoms with E-state index in [1.807, 2.05) is 13.8 Å². The van der Waals surface area contributed by atoms with Gasteiger partial charge in [0.2, 0.25) is 10.0 Å². The first-order valence-corrected chi connectivity index (χ1v) is 9.14. The SMILES string of the molecule is CCOc1ccc(Br)cc1S(=O)(=O)NCC(O)CC(C)C. The summed E-state index contributed by atoms with van der Waals surface area (Å²) in [5.74, 6) is 0.598. The van der Waals surface area contributed by atoms with Crippen molar-refractivity contribution in [2.45, 2.75) is 38.2 Å². The molecule has 0 saturated carbocycles. The number of benzene rings is 1. The van der Waals surface area contributed by atoms with Crippen LogP contribution < -0.4 is 9.46 Å². The molecule has 7 heteroatoms. The van der Waals surface area contributed by atoms with E-state index < -0.39 is 16.1 Å². The Morgan fingerprint density at radius 3 is 2.62 bits per heavy atom. The molecule has 1 aromatic rings. The minimum atomic E-state index is -3.73. The maximum absolute atomic E-state index is 12.3. The Morgan fingerprint density at radius 1 is 1.38 bits per heavy atom. The Labute approximate surface area is 134 Å². The van der Waals surface area contributed by atoms with E-state index in [-0.39, 0.29) is 11.4 Å². The van der Waals surface area contributed by atoms with Crippen molar-refractivity contribution in [1.82, 2.24) is 4.72 Å². The van der Waals surface area contributed by atoms with Crippen molar-refractivity contribution in [2.75, 3.05) is 13.2 Å². The van der Waals surface area contributed by atoms with Crippen LogP contribution in [0.5, 0.6) is 5.75 Å². The summed E-state index contributed by atoms with van der Waals surface area (Å²) in [6, 6.07) is 4.81. The zero-order chi connectivity index (χ0) is 16.0. The van der Waals surface area contributed by atoms with Crippen LogP contribution in [0.2, 0.25) is 0 Å². The van der Waals surface area contributed by atoms with Gasteiger partial charge in [-0.1, -0.05) is 29.8 Å². The standard InChI is InChI=1S/C14H22BrNO4S/c1-4-20-13-6-5-11(15)8-14(13)21(18,19)16-9-12(17)7-10(2)3/h5-6,8,10,12,16-17H,4,7,9H2,1-3H3. The highest BCUT2D eigenvalue weighted by Gasteiger charge is 2.21. The summed E-state index contributed by atoms with van der Waals surface area (Å²) in [6.45, 7) is 6.09. The first-order chi connectivity index (χ1) is 9.76. The highest BCUT2D eigenvalue weighted by Crippen LogP contribution is 2.27. The molecule has 21 heavy (non-hydrogen) atoms. The summed E-state index contributed by atoms with van der Waals surface area (Å²) in [5, 5.41) is 9.79. The van der Waals surface area contributed by atoms with Gasteiger partial charge in [-0.15, -0.1) is 0 Å². The van der Waals surface area contributed by atoms with Crippen LogP contribution >= 0.6 is 15.9 Å².